The van der Waals surface area contributed by atoms with E-state index in [1.165, 1.54) is 48.9 Å². The summed E-state index contributed by atoms with van der Waals surface area (Å²) in [4.78, 5) is 9.84. The van der Waals surface area contributed by atoms with E-state index < -0.39 is 19.2 Å². The molecule has 0 amide bonds. The van der Waals surface area contributed by atoms with Crippen LogP contribution in [0.3, 0.4) is 0 Å². The molecule has 3 heterocycles. The second-order valence-electron chi connectivity index (χ2n) is 20.0. The van der Waals surface area contributed by atoms with Gasteiger partial charge in [-0.05, 0) is 89.9 Å². The summed E-state index contributed by atoms with van der Waals surface area (Å²) in [5.74, 6) is 7.30. The molecular formula is C61H59GeIrN3O-2. The largest absolute Gasteiger partial charge is 0 e. The van der Waals surface area contributed by atoms with Gasteiger partial charge in [0.15, 0.2) is 0 Å². The average Bonchev–Trinajstić information content (AvgIpc) is 3.86. The molecule has 0 N–H and O–H groups in total. The van der Waals surface area contributed by atoms with Crippen molar-refractivity contribution in [2.75, 3.05) is 0 Å². The Morgan fingerprint density at radius 3 is 2.10 bits per heavy atom. The van der Waals surface area contributed by atoms with Gasteiger partial charge in [0.1, 0.15) is 5.58 Å². The van der Waals surface area contributed by atoms with E-state index in [1.807, 2.05) is 50.4 Å². The molecule has 4 nitrogen and oxygen atoms in total. The maximum Gasteiger partial charge on any atom is 0 e. The minimum Gasteiger partial charge on any atom is 0 e. The molecule has 0 saturated carbocycles. The average molecular weight is 1120 g/mol. The summed E-state index contributed by atoms with van der Waals surface area (Å²) in [5, 5.41) is 2.14. The third kappa shape index (κ3) is 9.65. The van der Waals surface area contributed by atoms with E-state index in [2.05, 4.69) is 196 Å². The standard InChI is InChI=1S/C44H37N2O.C17H22GeN.Ir/c1-27-22-28(2)42(29(3)23-27)31-16-19-34-36-24-32(17-21-40(36)47-41(34)25-31)43-45-37-14-10-11-15-39(37)46(43)38-20-18-33(44(4,5)6)26-35(38)30-12-8-7-9-13-30;1-13(2)15-11-17(14-9-7-6-8-10-14)19-12-16(15)18(3,4)5;/h7-16,18-26H,1-6H3;6-9,11-13H,1-5H3;/q2*-1;/i;13D;. The van der Waals surface area contributed by atoms with Gasteiger partial charge in [0.05, 0.1) is 22.4 Å². The SMILES string of the molecule is Cc1cc(C)c(-c2ccc3c(c2)oc2c[c-]c(-c4nc5ccccc5n4-c4ccc(C(C)(C)C)cc4-c4ccccc4)cc23)c(C)c1.[2H]C(C)(C)c1cc(-c2[c-]cccc2)nc[c]1[Ge]([CH3])([CH3])[CH3].[Ir]. The molecule has 0 aliphatic rings. The quantitative estimate of drug-likeness (QED) is 0.118. The van der Waals surface area contributed by atoms with Crippen molar-refractivity contribution in [3.63, 3.8) is 0 Å². The van der Waals surface area contributed by atoms with Gasteiger partial charge in [-0.1, -0.05) is 105 Å². The molecule has 0 fully saturated rings. The number of hydrogen-bond acceptors (Lipinski definition) is 3. The number of nitrogens with zero attached hydrogens (tertiary/aromatic N) is 3. The Morgan fingerprint density at radius 2 is 1.42 bits per heavy atom. The van der Waals surface area contributed by atoms with E-state index in [-0.39, 0.29) is 25.5 Å². The fraction of sp³-hybridized carbons (Fsp3) is 0.213. The van der Waals surface area contributed by atoms with Crippen molar-refractivity contribution in [3.05, 3.63) is 192 Å². The predicted molar refractivity (Wildman–Crippen MR) is 282 cm³/mol. The Labute approximate surface area is 414 Å². The van der Waals surface area contributed by atoms with Gasteiger partial charge in [0, 0.05) is 36.7 Å². The van der Waals surface area contributed by atoms with Crippen LogP contribution in [-0.4, -0.2) is 27.8 Å². The van der Waals surface area contributed by atoms with Crippen LogP contribution in [0.5, 0.6) is 0 Å². The van der Waals surface area contributed by atoms with E-state index in [4.69, 9.17) is 10.8 Å². The third-order valence-corrected chi connectivity index (χ3v) is 16.8. The smallest absolute Gasteiger partial charge is 0 e. The summed E-state index contributed by atoms with van der Waals surface area (Å²) in [5.41, 5.74) is 18.7. The molecule has 0 saturated heterocycles. The molecule has 0 unspecified atom stereocenters. The Bertz CT molecular complexity index is 3420. The van der Waals surface area contributed by atoms with Crippen LogP contribution in [-0.2, 0) is 25.5 Å². The van der Waals surface area contributed by atoms with Crippen LogP contribution in [0.1, 0.15) is 69.7 Å². The number of benzene rings is 7. The molecule has 0 aliphatic heterocycles. The van der Waals surface area contributed by atoms with Crippen molar-refractivity contribution in [1.82, 2.24) is 14.5 Å². The minimum absolute atomic E-state index is 0. The predicted octanol–water partition coefficient (Wildman–Crippen LogP) is 16.2. The van der Waals surface area contributed by atoms with Gasteiger partial charge in [-0.2, -0.15) is 0 Å². The van der Waals surface area contributed by atoms with Crippen molar-refractivity contribution in [1.29, 1.82) is 0 Å². The number of para-hydroxylation sites is 2. The van der Waals surface area contributed by atoms with Gasteiger partial charge in [0.25, 0.3) is 0 Å². The zero-order valence-electron chi connectivity index (χ0n) is 41.5. The van der Waals surface area contributed by atoms with E-state index in [9.17, 15) is 0 Å². The number of rotatable bonds is 7. The summed E-state index contributed by atoms with van der Waals surface area (Å²) in [6, 6.07) is 57.8. The molecule has 0 aliphatic carbocycles. The summed E-state index contributed by atoms with van der Waals surface area (Å²) < 4.78 is 18.5. The van der Waals surface area contributed by atoms with E-state index in [0.717, 1.165) is 66.9 Å². The molecule has 0 spiro atoms. The second-order valence-corrected chi connectivity index (χ2v) is 30.5. The Morgan fingerprint density at radius 1 is 0.701 bits per heavy atom. The molecule has 67 heavy (non-hydrogen) atoms. The van der Waals surface area contributed by atoms with Crippen LogP contribution in [0.15, 0.2) is 156 Å². The van der Waals surface area contributed by atoms with Crippen LogP contribution < -0.4 is 4.40 Å². The second kappa shape index (κ2) is 19.0. The summed E-state index contributed by atoms with van der Waals surface area (Å²) in [6.07, 6.45) is 2.00. The van der Waals surface area contributed by atoms with Crippen LogP contribution >= 0.6 is 0 Å². The molecule has 3 aromatic heterocycles. The Balaban J connectivity index is 0.000000251. The number of hydrogen-bond donors (Lipinski definition) is 0. The zero-order chi connectivity index (χ0) is 47.4. The Kier molecular flexibility index (Phi) is 13.1. The maximum atomic E-state index is 8.44. The van der Waals surface area contributed by atoms with Gasteiger partial charge in [-0.15, -0.1) is 23.8 Å². The fourth-order valence-electron chi connectivity index (χ4n) is 9.30. The fourth-order valence-corrected chi connectivity index (χ4v) is 12.6. The molecule has 7 aromatic carbocycles. The van der Waals surface area contributed by atoms with Gasteiger partial charge in [-0.3, -0.25) is 4.98 Å². The first kappa shape index (κ1) is 46.3. The number of imidazole rings is 1. The van der Waals surface area contributed by atoms with Crippen molar-refractivity contribution < 1.29 is 25.9 Å². The number of aromatic nitrogens is 3. The summed E-state index contributed by atoms with van der Waals surface area (Å²) in [6.45, 7) is 17.2. The summed E-state index contributed by atoms with van der Waals surface area (Å²) in [7, 11) is 0. The summed E-state index contributed by atoms with van der Waals surface area (Å²) >= 11 is -2.03. The normalized spacial score (nSPS) is 12.2. The molecule has 0 atom stereocenters. The first-order chi connectivity index (χ1) is 31.8. The van der Waals surface area contributed by atoms with Crippen molar-refractivity contribution in [2.45, 2.75) is 84.0 Å². The topological polar surface area (TPSA) is 43.9 Å². The number of pyridine rings is 1. The molecule has 10 aromatic rings. The minimum atomic E-state index is -2.03. The molecule has 1 radical (unpaired) electrons. The first-order valence-electron chi connectivity index (χ1n) is 23.5. The first-order valence-corrected chi connectivity index (χ1v) is 30.3. The Hall–Kier alpha value is -5.85. The zero-order valence-corrected chi connectivity index (χ0v) is 45.0. The van der Waals surface area contributed by atoms with Crippen molar-refractivity contribution in [2.24, 2.45) is 0 Å². The molecule has 0 bridgehead atoms. The van der Waals surface area contributed by atoms with Gasteiger partial charge in [-0.25, -0.2) is 0 Å². The third-order valence-electron chi connectivity index (χ3n) is 12.6. The number of aryl methyl sites for hydroxylation is 3. The van der Waals surface area contributed by atoms with Gasteiger partial charge >= 0.3 is 120 Å². The molecule has 6 heteroatoms. The van der Waals surface area contributed by atoms with Gasteiger partial charge in [0.2, 0.25) is 0 Å². The van der Waals surface area contributed by atoms with E-state index in [0.29, 0.717) is 0 Å². The number of furan rings is 1. The number of fused-ring (bicyclic) bond motifs is 4. The van der Waals surface area contributed by atoms with E-state index in [1.54, 1.807) is 0 Å². The van der Waals surface area contributed by atoms with Crippen LogP contribution in [0.2, 0.25) is 17.3 Å². The van der Waals surface area contributed by atoms with Crippen LogP contribution in [0.25, 0.3) is 83.6 Å². The van der Waals surface area contributed by atoms with Crippen LogP contribution in [0.4, 0.5) is 0 Å². The monoisotopic (exact) mass is 1120 g/mol. The molecule has 10 rings (SSSR count). The van der Waals surface area contributed by atoms with Crippen molar-refractivity contribution >= 4 is 50.6 Å². The van der Waals surface area contributed by atoms with Crippen LogP contribution in [0, 0.1) is 32.9 Å². The molecule has 339 valence electrons. The van der Waals surface area contributed by atoms with Gasteiger partial charge < -0.3 is 8.98 Å². The van der Waals surface area contributed by atoms with E-state index >= 15 is 0 Å². The maximum absolute atomic E-state index is 8.44. The molecular weight excluding hydrogens is 1060 g/mol. The van der Waals surface area contributed by atoms with Crippen molar-refractivity contribution in [3.8, 4) is 50.6 Å².